The minimum absolute atomic E-state index is 0.104. The van der Waals surface area contributed by atoms with E-state index in [1.165, 1.54) is 19.1 Å². The van der Waals surface area contributed by atoms with E-state index in [4.69, 9.17) is 5.26 Å². The molecule has 0 atom stereocenters. The lowest BCUT2D eigenvalue weighted by atomic mass is 9.98. The van der Waals surface area contributed by atoms with E-state index in [-0.39, 0.29) is 24.0 Å². The number of rotatable bonds is 2. The van der Waals surface area contributed by atoms with Crippen molar-refractivity contribution in [2.75, 3.05) is 0 Å². The van der Waals surface area contributed by atoms with Gasteiger partial charge >= 0.3 is 6.18 Å². The van der Waals surface area contributed by atoms with E-state index in [9.17, 15) is 13.2 Å². The molecule has 0 aliphatic carbocycles. The summed E-state index contributed by atoms with van der Waals surface area (Å²) < 4.78 is 38.0. The molecule has 0 saturated heterocycles. The lowest BCUT2D eigenvalue weighted by Crippen LogP contribution is -2.11. The van der Waals surface area contributed by atoms with Crippen molar-refractivity contribution in [3.63, 3.8) is 0 Å². The molecule has 0 bridgehead atoms. The molecular weight excluding hydrogens is 203 g/mol. The second-order valence-corrected chi connectivity index (χ2v) is 3.26. The van der Waals surface area contributed by atoms with Gasteiger partial charge in [0.15, 0.2) is 0 Å². The average Bonchev–Trinajstić information content (AvgIpc) is 2.12. The van der Waals surface area contributed by atoms with Crippen molar-refractivity contribution < 1.29 is 13.2 Å². The lowest BCUT2D eigenvalue weighted by Gasteiger charge is -2.14. The molecule has 0 amide bonds. The van der Waals surface area contributed by atoms with Crippen molar-refractivity contribution in [3.8, 4) is 6.07 Å². The molecule has 1 nitrogen and oxygen atoms in total. The maximum Gasteiger partial charge on any atom is 0.416 e. The van der Waals surface area contributed by atoms with E-state index < -0.39 is 11.7 Å². The molecule has 0 fully saturated rings. The summed E-state index contributed by atoms with van der Waals surface area (Å²) in [5.41, 5.74) is -0.192. The van der Waals surface area contributed by atoms with Gasteiger partial charge in [0.05, 0.1) is 11.6 Å². The van der Waals surface area contributed by atoms with Crippen LogP contribution < -0.4 is 0 Å². The van der Waals surface area contributed by atoms with Gasteiger partial charge in [0.1, 0.15) is 0 Å². The van der Waals surface area contributed by atoms with Crippen LogP contribution in [0.5, 0.6) is 0 Å². The SMILES string of the molecule is Cc1cccc(CCC#N)c1C(F)(F)F. The Bertz CT molecular complexity index is 388. The van der Waals surface area contributed by atoms with Gasteiger partial charge < -0.3 is 0 Å². The number of nitriles is 1. The molecule has 0 aromatic heterocycles. The number of benzene rings is 1. The average molecular weight is 213 g/mol. The third kappa shape index (κ3) is 2.72. The van der Waals surface area contributed by atoms with Crippen molar-refractivity contribution in [2.45, 2.75) is 25.9 Å². The Labute approximate surface area is 86.1 Å². The number of alkyl halides is 3. The first-order chi connectivity index (χ1) is 6.96. The van der Waals surface area contributed by atoms with E-state index >= 15 is 0 Å². The van der Waals surface area contributed by atoms with Crippen LogP contribution in [0.15, 0.2) is 18.2 Å². The van der Waals surface area contributed by atoms with Gasteiger partial charge in [-0.2, -0.15) is 18.4 Å². The Kier molecular flexibility index (Phi) is 3.35. The van der Waals surface area contributed by atoms with Crippen molar-refractivity contribution in [2.24, 2.45) is 0 Å². The van der Waals surface area contributed by atoms with E-state index in [0.29, 0.717) is 0 Å². The van der Waals surface area contributed by atoms with Crippen molar-refractivity contribution in [3.05, 3.63) is 34.9 Å². The van der Waals surface area contributed by atoms with Crippen LogP contribution in [-0.2, 0) is 12.6 Å². The number of nitrogens with zero attached hydrogens (tertiary/aromatic N) is 1. The summed E-state index contributed by atoms with van der Waals surface area (Å²) in [6.07, 6.45) is -4.09. The van der Waals surface area contributed by atoms with Crippen LogP contribution in [0.25, 0.3) is 0 Å². The normalized spacial score (nSPS) is 11.1. The molecule has 0 unspecified atom stereocenters. The van der Waals surface area contributed by atoms with Crippen LogP contribution in [-0.4, -0.2) is 0 Å². The zero-order valence-electron chi connectivity index (χ0n) is 8.23. The Morgan fingerprint density at radius 3 is 2.53 bits per heavy atom. The largest absolute Gasteiger partial charge is 0.416 e. The molecule has 0 spiro atoms. The van der Waals surface area contributed by atoms with E-state index in [1.807, 2.05) is 6.07 Å². The Hall–Kier alpha value is -1.50. The first kappa shape index (κ1) is 11.6. The fourth-order valence-electron chi connectivity index (χ4n) is 1.53. The van der Waals surface area contributed by atoms with E-state index in [0.717, 1.165) is 0 Å². The molecule has 80 valence electrons. The van der Waals surface area contributed by atoms with Crippen molar-refractivity contribution in [1.29, 1.82) is 5.26 Å². The fraction of sp³-hybridized carbons (Fsp3) is 0.364. The standard InChI is InChI=1S/C11H10F3N/c1-8-4-2-5-9(6-3-7-15)10(8)11(12,13)14/h2,4-5H,3,6H2,1H3. The maximum atomic E-state index is 12.7. The molecule has 1 rings (SSSR count). The van der Waals surface area contributed by atoms with Crippen LogP contribution in [0.3, 0.4) is 0 Å². The summed E-state index contributed by atoms with van der Waals surface area (Å²) in [6.45, 7) is 1.43. The van der Waals surface area contributed by atoms with Crippen LogP contribution in [0.1, 0.15) is 23.1 Å². The van der Waals surface area contributed by atoms with Gasteiger partial charge in [0.2, 0.25) is 0 Å². The topological polar surface area (TPSA) is 23.8 Å². The summed E-state index contributed by atoms with van der Waals surface area (Å²) >= 11 is 0. The molecule has 15 heavy (non-hydrogen) atoms. The first-order valence-electron chi connectivity index (χ1n) is 4.49. The smallest absolute Gasteiger partial charge is 0.198 e. The molecule has 0 radical (unpaired) electrons. The maximum absolute atomic E-state index is 12.7. The summed E-state index contributed by atoms with van der Waals surface area (Å²) in [7, 11) is 0. The van der Waals surface area contributed by atoms with Crippen LogP contribution in [0, 0.1) is 18.3 Å². The molecule has 0 heterocycles. The predicted octanol–water partition coefficient (Wildman–Crippen LogP) is 3.47. The van der Waals surface area contributed by atoms with Gasteiger partial charge in [0, 0.05) is 6.42 Å². The van der Waals surface area contributed by atoms with Gasteiger partial charge in [-0.25, -0.2) is 0 Å². The van der Waals surface area contributed by atoms with Gasteiger partial charge in [-0.3, -0.25) is 0 Å². The summed E-state index contributed by atoms with van der Waals surface area (Å²) in [4.78, 5) is 0. The lowest BCUT2D eigenvalue weighted by molar-refractivity contribution is -0.138. The van der Waals surface area contributed by atoms with E-state index in [1.54, 1.807) is 6.07 Å². The molecule has 1 aromatic rings. The van der Waals surface area contributed by atoms with Crippen LogP contribution in [0.2, 0.25) is 0 Å². The molecular formula is C11H10F3N. The quantitative estimate of drug-likeness (QED) is 0.737. The minimum Gasteiger partial charge on any atom is -0.198 e. The first-order valence-corrected chi connectivity index (χ1v) is 4.49. The fourth-order valence-corrected chi connectivity index (χ4v) is 1.53. The molecule has 0 aliphatic rings. The Balaban J connectivity index is 3.16. The number of aryl methyl sites for hydroxylation is 2. The number of hydrogen-bond donors (Lipinski definition) is 0. The van der Waals surface area contributed by atoms with Crippen LogP contribution >= 0.6 is 0 Å². The molecule has 0 N–H and O–H groups in total. The molecule has 0 aliphatic heterocycles. The summed E-state index contributed by atoms with van der Waals surface area (Å²) in [5.74, 6) is 0. The molecule has 1 aromatic carbocycles. The molecule has 4 heteroatoms. The summed E-state index contributed by atoms with van der Waals surface area (Å²) in [5, 5.41) is 8.36. The predicted molar refractivity (Wildman–Crippen MR) is 50.1 cm³/mol. The third-order valence-electron chi connectivity index (χ3n) is 2.15. The molecule has 0 saturated carbocycles. The third-order valence-corrected chi connectivity index (χ3v) is 2.15. The van der Waals surface area contributed by atoms with Gasteiger partial charge in [-0.05, 0) is 24.5 Å². The van der Waals surface area contributed by atoms with Gasteiger partial charge in [-0.1, -0.05) is 18.2 Å². The second kappa shape index (κ2) is 4.35. The Morgan fingerprint density at radius 2 is 2.00 bits per heavy atom. The highest BCUT2D eigenvalue weighted by molar-refractivity contribution is 5.37. The minimum atomic E-state index is -4.34. The van der Waals surface area contributed by atoms with E-state index in [2.05, 4.69) is 0 Å². The second-order valence-electron chi connectivity index (χ2n) is 3.26. The highest BCUT2D eigenvalue weighted by atomic mass is 19.4. The van der Waals surface area contributed by atoms with Gasteiger partial charge in [0.25, 0.3) is 0 Å². The zero-order valence-corrected chi connectivity index (χ0v) is 8.23. The zero-order chi connectivity index (χ0) is 11.5. The van der Waals surface area contributed by atoms with Crippen molar-refractivity contribution in [1.82, 2.24) is 0 Å². The highest BCUT2D eigenvalue weighted by Gasteiger charge is 2.34. The Morgan fingerprint density at radius 1 is 1.33 bits per heavy atom. The van der Waals surface area contributed by atoms with Gasteiger partial charge in [-0.15, -0.1) is 0 Å². The highest BCUT2D eigenvalue weighted by Crippen LogP contribution is 2.34. The van der Waals surface area contributed by atoms with Crippen molar-refractivity contribution >= 4 is 0 Å². The number of hydrogen-bond acceptors (Lipinski definition) is 1. The van der Waals surface area contributed by atoms with Crippen LogP contribution in [0.4, 0.5) is 13.2 Å². The number of halogens is 3. The summed E-state index contributed by atoms with van der Waals surface area (Å²) in [6, 6.07) is 6.28. The monoisotopic (exact) mass is 213 g/mol.